The van der Waals surface area contributed by atoms with Crippen molar-refractivity contribution < 1.29 is 0 Å². The van der Waals surface area contributed by atoms with Crippen molar-refractivity contribution in [3.63, 3.8) is 0 Å². The Kier molecular flexibility index (Phi) is 5.14. The molecule has 4 heteroatoms. The van der Waals surface area contributed by atoms with Gasteiger partial charge in [-0.05, 0) is 62.5 Å². The van der Waals surface area contributed by atoms with Crippen LogP contribution in [0.1, 0.15) is 22.3 Å². The molecular formula is C21H34N4. The lowest BCUT2D eigenvalue weighted by Gasteiger charge is -2.33. The third-order valence-corrected chi connectivity index (χ3v) is 6.62. The van der Waals surface area contributed by atoms with E-state index in [1.54, 1.807) is 11.1 Å². The van der Waals surface area contributed by atoms with E-state index in [2.05, 4.69) is 53.0 Å². The van der Waals surface area contributed by atoms with Crippen LogP contribution in [-0.2, 0) is 13.1 Å². The van der Waals surface area contributed by atoms with Crippen molar-refractivity contribution in [1.29, 1.82) is 0 Å². The Morgan fingerprint density at radius 1 is 0.880 bits per heavy atom. The van der Waals surface area contributed by atoms with Gasteiger partial charge in [0.15, 0.2) is 0 Å². The molecule has 1 aromatic carbocycles. The van der Waals surface area contributed by atoms with Crippen LogP contribution in [0.25, 0.3) is 0 Å². The Morgan fingerprint density at radius 3 is 2.04 bits per heavy atom. The van der Waals surface area contributed by atoms with Crippen molar-refractivity contribution in [1.82, 2.24) is 20.0 Å². The Hall–Kier alpha value is -0.940. The van der Waals surface area contributed by atoms with E-state index in [1.165, 1.54) is 63.5 Å². The van der Waals surface area contributed by atoms with Crippen molar-refractivity contribution in [3.05, 3.63) is 34.4 Å². The molecule has 4 rings (SSSR count). The molecule has 25 heavy (non-hydrogen) atoms. The summed E-state index contributed by atoms with van der Waals surface area (Å²) in [6.07, 6.45) is 0. The van der Waals surface area contributed by atoms with Gasteiger partial charge in [0.05, 0.1) is 0 Å². The van der Waals surface area contributed by atoms with Crippen LogP contribution in [0, 0.1) is 25.7 Å². The Labute approximate surface area is 153 Å². The molecule has 0 spiro atoms. The topological polar surface area (TPSA) is 21.8 Å². The number of piperazine rings is 1. The smallest absolute Gasteiger partial charge is 0.0237 e. The molecule has 0 amide bonds. The number of fused-ring (bicyclic) bond motifs is 1. The van der Waals surface area contributed by atoms with Gasteiger partial charge < -0.3 is 10.2 Å². The van der Waals surface area contributed by atoms with Crippen LogP contribution in [0.2, 0.25) is 0 Å². The molecule has 0 radical (unpaired) electrons. The normalized spacial score (nSPS) is 28.6. The van der Waals surface area contributed by atoms with E-state index >= 15 is 0 Å². The number of hydrogen-bond donors (Lipinski definition) is 1. The van der Waals surface area contributed by atoms with Crippen molar-refractivity contribution in [2.24, 2.45) is 11.8 Å². The average molecular weight is 343 g/mol. The van der Waals surface area contributed by atoms with Gasteiger partial charge in [-0.2, -0.15) is 0 Å². The SMILES string of the molecule is Cc1cc(CN2CCN(C)CC2)c(C)c(CN2C[C@H]3CNC[C@H]3C2)c1. The molecule has 3 heterocycles. The molecule has 0 unspecified atom stereocenters. The quantitative estimate of drug-likeness (QED) is 0.899. The van der Waals surface area contributed by atoms with Crippen LogP contribution in [0.3, 0.4) is 0 Å². The Balaban J connectivity index is 1.44. The number of hydrogen-bond acceptors (Lipinski definition) is 4. The average Bonchev–Trinajstić information content (AvgIpc) is 3.15. The minimum atomic E-state index is 0.884. The lowest BCUT2D eigenvalue weighted by Crippen LogP contribution is -2.44. The summed E-state index contributed by atoms with van der Waals surface area (Å²) >= 11 is 0. The minimum absolute atomic E-state index is 0.884. The highest BCUT2D eigenvalue weighted by molar-refractivity contribution is 5.38. The molecule has 3 aliphatic rings. The first kappa shape index (κ1) is 17.5. The zero-order valence-corrected chi connectivity index (χ0v) is 16.2. The number of nitrogens with zero attached hydrogens (tertiary/aromatic N) is 3. The van der Waals surface area contributed by atoms with Gasteiger partial charge in [0.1, 0.15) is 0 Å². The summed E-state index contributed by atoms with van der Waals surface area (Å²) in [6, 6.07) is 4.84. The third kappa shape index (κ3) is 3.92. The van der Waals surface area contributed by atoms with E-state index in [4.69, 9.17) is 0 Å². The van der Waals surface area contributed by atoms with E-state index in [-0.39, 0.29) is 0 Å². The highest BCUT2D eigenvalue weighted by Crippen LogP contribution is 2.29. The van der Waals surface area contributed by atoms with Gasteiger partial charge in [-0.15, -0.1) is 0 Å². The molecular weight excluding hydrogens is 308 g/mol. The zero-order chi connectivity index (χ0) is 17.4. The zero-order valence-electron chi connectivity index (χ0n) is 16.2. The van der Waals surface area contributed by atoms with Gasteiger partial charge >= 0.3 is 0 Å². The van der Waals surface area contributed by atoms with E-state index < -0.39 is 0 Å². The minimum Gasteiger partial charge on any atom is -0.316 e. The van der Waals surface area contributed by atoms with Crippen LogP contribution < -0.4 is 5.32 Å². The van der Waals surface area contributed by atoms with Crippen molar-refractivity contribution >= 4 is 0 Å². The fraction of sp³-hybridized carbons (Fsp3) is 0.714. The number of likely N-dealkylation sites (N-methyl/N-ethyl adjacent to an activating group) is 1. The van der Waals surface area contributed by atoms with Gasteiger partial charge in [-0.1, -0.05) is 17.7 Å². The first-order valence-corrected chi connectivity index (χ1v) is 10.0. The molecule has 3 saturated heterocycles. The lowest BCUT2D eigenvalue weighted by atomic mass is 9.98. The maximum Gasteiger partial charge on any atom is 0.0237 e. The number of nitrogens with one attached hydrogen (secondary N) is 1. The van der Waals surface area contributed by atoms with Crippen molar-refractivity contribution in [3.8, 4) is 0 Å². The van der Waals surface area contributed by atoms with E-state index in [9.17, 15) is 0 Å². The highest BCUT2D eigenvalue weighted by Gasteiger charge is 2.35. The second-order valence-electron chi connectivity index (χ2n) is 8.66. The standard InChI is InChI=1S/C21H34N4/c1-16-8-18(12-24-6-4-23(3)5-7-24)17(2)19(9-16)13-25-14-20-10-22-11-21(20)15-25/h8-9,20-22H,4-7,10-15H2,1-3H3/t20-,21+. The summed E-state index contributed by atoms with van der Waals surface area (Å²) in [5.74, 6) is 1.77. The van der Waals surface area contributed by atoms with Crippen LogP contribution >= 0.6 is 0 Å². The first-order chi connectivity index (χ1) is 12.1. The molecule has 0 saturated carbocycles. The van der Waals surface area contributed by atoms with Crippen molar-refractivity contribution in [2.45, 2.75) is 26.9 Å². The van der Waals surface area contributed by atoms with Gasteiger partial charge in [-0.25, -0.2) is 0 Å². The van der Waals surface area contributed by atoms with E-state index in [0.29, 0.717) is 0 Å². The molecule has 3 aliphatic heterocycles. The van der Waals surface area contributed by atoms with Crippen LogP contribution in [0.4, 0.5) is 0 Å². The molecule has 1 aromatic rings. The first-order valence-electron chi connectivity index (χ1n) is 10.0. The summed E-state index contributed by atoms with van der Waals surface area (Å²) in [6.45, 7) is 16.6. The number of aryl methyl sites for hydroxylation is 1. The Bertz CT molecular complexity index is 594. The van der Waals surface area contributed by atoms with E-state index in [1.807, 2.05) is 0 Å². The molecule has 1 N–H and O–H groups in total. The van der Waals surface area contributed by atoms with Gasteiger partial charge in [-0.3, -0.25) is 9.80 Å². The fourth-order valence-electron chi connectivity index (χ4n) is 4.91. The monoisotopic (exact) mass is 342 g/mol. The van der Waals surface area contributed by atoms with Crippen LogP contribution in [0.5, 0.6) is 0 Å². The summed E-state index contributed by atoms with van der Waals surface area (Å²) < 4.78 is 0. The predicted molar refractivity (Wildman–Crippen MR) is 104 cm³/mol. The number of likely N-dealkylation sites (tertiary alicyclic amines) is 1. The molecule has 0 bridgehead atoms. The molecule has 4 nitrogen and oxygen atoms in total. The van der Waals surface area contributed by atoms with Crippen LogP contribution in [0.15, 0.2) is 12.1 Å². The molecule has 138 valence electrons. The van der Waals surface area contributed by atoms with Crippen LogP contribution in [-0.4, -0.2) is 74.1 Å². The fourth-order valence-corrected chi connectivity index (χ4v) is 4.91. The predicted octanol–water partition coefficient (Wildman–Crippen LogP) is 1.70. The summed E-state index contributed by atoms with van der Waals surface area (Å²) in [7, 11) is 2.23. The van der Waals surface area contributed by atoms with E-state index in [0.717, 1.165) is 24.9 Å². The summed E-state index contributed by atoms with van der Waals surface area (Å²) in [4.78, 5) is 7.75. The second kappa shape index (κ2) is 7.36. The molecule has 3 fully saturated rings. The lowest BCUT2D eigenvalue weighted by molar-refractivity contribution is 0.148. The number of rotatable bonds is 4. The largest absolute Gasteiger partial charge is 0.316 e. The molecule has 2 atom stereocenters. The Morgan fingerprint density at radius 2 is 1.44 bits per heavy atom. The summed E-state index contributed by atoms with van der Waals surface area (Å²) in [5, 5.41) is 3.55. The van der Waals surface area contributed by atoms with Crippen molar-refractivity contribution in [2.75, 3.05) is 59.4 Å². The molecule has 0 aliphatic carbocycles. The third-order valence-electron chi connectivity index (χ3n) is 6.62. The number of benzene rings is 1. The van der Waals surface area contributed by atoms with Gasteiger partial charge in [0.2, 0.25) is 0 Å². The maximum absolute atomic E-state index is 3.55. The van der Waals surface area contributed by atoms with Gasteiger partial charge in [0.25, 0.3) is 0 Å². The molecule has 0 aromatic heterocycles. The second-order valence-corrected chi connectivity index (χ2v) is 8.66. The highest BCUT2D eigenvalue weighted by atomic mass is 15.2. The maximum atomic E-state index is 3.55. The summed E-state index contributed by atoms with van der Waals surface area (Å²) in [5.41, 5.74) is 6.04. The van der Waals surface area contributed by atoms with Gasteiger partial charge in [0, 0.05) is 52.4 Å².